The Labute approximate surface area is 199 Å². The van der Waals surface area contributed by atoms with Crippen LogP contribution >= 0.6 is 0 Å². The molecule has 2 heterocycles. The highest BCUT2D eigenvalue weighted by molar-refractivity contribution is 5.36. The average molecular weight is 451 g/mol. The van der Waals surface area contributed by atoms with E-state index in [4.69, 9.17) is 4.42 Å². The van der Waals surface area contributed by atoms with Crippen molar-refractivity contribution in [3.05, 3.63) is 46.0 Å². The largest absolute Gasteiger partial charge is 0.431 e. The second-order valence-corrected chi connectivity index (χ2v) is 12.4. The monoisotopic (exact) mass is 450 g/mol. The zero-order valence-corrected chi connectivity index (χ0v) is 20.7. The van der Waals surface area contributed by atoms with Crippen molar-refractivity contribution in [3.8, 4) is 0 Å². The number of rotatable bonds is 2. The van der Waals surface area contributed by atoms with E-state index < -0.39 is 0 Å². The van der Waals surface area contributed by atoms with Gasteiger partial charge in [0.15, 0.2) is 0 Å². The molecule has 3 saturated carbocycles. The first-order valence-electron chi connectivity index (χ1n) is 13.7. The van der Waals surface area contributed by atoms with Crippen molar-refractivity contribution in [2.45, 2.75) is 83.6 Å². The maximum atomic E-state index is 11.5. The van der Waals surface area contributed by atoms with Crippen LogP contribution in [0.25, 0.3) is 0 Å². The topological polar surface area (TPSA) is 45.5 Å². The lowest BCUT2D eigenvalue weighted by atomic mass is 9.45. The van der Waals surface area contributed by atoms with Gasteiger partial charge in [-0.1, -0.05) is 25.5 Å². The van der Waals surface area contributed by atoms with E-state index in [1.807, 2.05) is 6.07 Å². The minimum atomic E-state index is -0.239. The molecule has 6 rings (SSSR count). The van der Waals surface area contributed by atoms with Crippen molar-refractivity contribution in [3.63, 3.8) is 0 Å². The maximum Gasteiger partial charge on any atom is 0.335 e. The highest BCUT2D eigenvalue weighted by Gasteiger charge is 2.58. The summed E-state index contributed by atoms with van der Waals surface area (Å²) >= 11 is 0. The molecule has 0 bridgehead atoms. The normalized spacial score (nSPS) is 43.7. The Kier molecular flexibility index (Phi) is 5.61. The Morgan fingerprint density at radius 3 is 2.82 bits per heavy atom. The molecule has 1 aliphatic heterocycles. The van der Waals surface area contributed by atoms with E-state index in [0.29, 0.717) is 11.3 Å². The van der Waals surface area contributed by atoms with E-state index in [0.717, 1.165) is 30.2 Å². The number of allylic oxidation sites excluding steroid dienone is 2. The molecular weight excluding hydrogens is 408 g/mol. The van der Waals surface area contributed by atoms with Crippen LogP contribution in [0.4, 0.5) is 0 Å². The lowest BCUT2D eigenvalue weighted by molar-refractivity contribution is -0.0724. The number of hydrogen-bond donors (Lipinski definition) is 1. The Bertz CT molecular complexity index is 940. The fourth-order valence-electron chi connectivity index (χ4n) is 9.20. The quantitative estimate of drug-likeness (QED) is 0.617. The number of nitrogens with zero attached hydrogens (tertiary/aromatic N) is 1. The first-order chi connectivity index (χ1) is 16.0. The van der Waals surface area contributed by atoms with Crippen LogP contribution in [0, 0.1) is 28.6 Å². The SMILES string of the molecule is C[C@@]12CC[C@@H](N3CCCNCC3)C[C@H]1CC[C@H]1C3=CC[C@@H](c4ccc(=O)oc4)[C@@]3(C)CC[C@H]12. The molecule has 0 aromatic carbocycles. The second-order valence-electron chi connectivity index (χ2n) is 12.4. The minimum Gasteiger partial charge on any atom is -0.431 e. The van der Waals surface area contributed by atoms with E-state index in [-0.39, 0.29) is 11.0 Å². The smallest absolute Gasteiger partial charge is 0.335 e. The van der Waals surface area contributed by atoms with Gasteiger partial charge in [0.1, 0.15) is 0 Å². The third-order valence-electron chi connectivity index (χ3n) is 11.1. The molecule has 4 heteroatoms. The molecule has 4 nitrogen and oxygen atoms in total. The van der Waals surface area contributed by atoms with Crippen molar-refractivity contribution in [2.24, 2.45) is 28.6 Å². The van der Waals surface area contributed by atoms with Gasteiger partial charge >= 0.3 is 5.63 Å². The number of nitrogens with one attached hydrogen (secondary N) is 1. The van der Waals surface area contributed by atoms with Gasteiger partial charge < -0.3 is 9.73 Å². The van der Waals surface area contributed by atoms with Crippen LogP contribution in [0.2, 0.25) is 0 Å². The van der Waals surface area contributed by atoms with Gasteiger partial charge in [-0.2, -0.15) is 0 Å². The Balaban J connectivity index is 1.20. The Morgan fingerprint density at radius 2 is 1.97 bits per heavy atom. The summed E-state index contributed by atoms with van der Waals surface area (Å²) in [5.74, 6) is 2.99. The van der Waals surface area contributed by atoms with Crippen LogP contribution in [0.1, 0.15) is 83.1 Å². The summed E-state index contributed by atoms with van der Waals surface area (Å²) in [7, 11) is 0. The van der Waals surface area contributed by atoms with Gasteiger partial charge in [0.25, 0.3) is 0 Å². The minimum absolute atomic E-state index is 0.237. The standard InChI is InChI=1S/C29H42N2O2/c1-28-12-10-22(31-16-3-14-30-15-17-31)18-21(28)5-6-23-25-8-7-24(20-4-9-27(32)33-19-20)29(25,2)13-11-26(23)28/h4,8-9,19,21-24,26,30H,3,5-7,10-18H2,1-2H3/t21-,22-,23+,24+,26-,28-,29-/m1/s1. The van der Waals surface area contributed by atoms with Gasteiger partial charge in [0, 0.05) is 25.2 Å². The second kappa shape index (κ2) is 8.37. The Morgan fingerprint density at radius 1 is 1.06 bits per heavy atom. The highest BCUT2D eigenvalue weighted by Crippen LogP contribution is 2.67. The molecule has 0 amide bonds. The van der Waals surface area contributed by atoms with Gasteiger partial charge in [0.2, 0.25) is 0 Å². The molecule has 4 fully saturated rings. The molecule has 5 aliphatic rings. The molecule has 1 N–H and O–H groups in total. The molecule has 1 saturated heterocycles. The fraction of sp³-hybridized carbons (Fsp3) is 0.759. The molecule has 0 spiro atoms. The molecule has 180 valence electrons. The summed E-state index contributed by atoms with van der Waals surface area (Å²) in [6.45, 7) is 10.1. The van der Waals surface area contributed by atoms with Gasteiger partial charge in [-0.25, -0.2) is 4.79 Å². The molecule has 1 aromatic rings. The summed E-state index contributed by atoms with van der Waals surface area (Å²) in [5.41, 5.74) is 3.49. The van der Waals surface area contributed by atoms with Crippen LogP contribution in [0.15, 0.2) is 39.3 Å². The molecule has 0 radical (unpaired) electrons. The van der Waals surface area contributed by atoms with Crippen LogP contribution in [-0.2, 0) is 0 Å². The molecule has 4 aliphatic carbocycles. The first-order valence-corrected chi connectivity index (χ1v) is 13.7. The van der Waals surface area contributed by atoms with Crippen LogP contribution < -0.4 is 10.9 Å². The highest BCUT2D eigenvalue weighted by atomic mass is 16.4. The van der Waals surface area contributed by atoms with Crippen LogP contribution in [0.5, 0.6) is 0 Å². The van der Waals surface area contributed by atoms with E-state index in [1.54, 1.807) is 17.9 Å². The summed E-state index contributed by atoms with van der Waals surface area (Å²) in [6, 6.07) is 4.44. The lowest BCUT2D eigenvalue weighted by Crippen LogP contribution is -2.54. The summed E-state index contributed by atoms with van der Waals surface area (Å²) < 4.78 is 5.27. The predicted octanol–water partition coefficient (Wildman–Crippen LogP) is 5.35. The van der Waals surface area contributed by atoms with E-state index in [9.17, 15) is 4.79 Å². The van der Waals surface area contributed by atoms with Gasteiger partial charge in [-0.15, -0.1) is 0 Å². The summed E-state index contributed by atoms with van der Waals surface area (Å²) in [4.78, 5) is 14.3. The number of hydrogen-bond acceptors (Lipinski definition) is 4. The van der Waals surface area contributed by atoms with Crippen molar-refractivity contribution >= 4 is 0 Å². The maximum absolute atomic E-state index is 11.5. The van der Waals surface area contributed by atoms with E-state index in [1.165, 1.54) is 83.1 Å². The van der Waals surface area contributed by atoms with Crippen molar-refractivity contribution in [2.75, 3.05) is 26.2 Å². The third-order valence-corrected chi connectivity index (χ3v) is 11.1. The first kappa shape index (κ1) is 22.1. The fourth-order valence-corrected chi connectivity index (χ4v) is 9.20. The summed E-state index contributed by atoms with van der Waals surface area (Å²) in [5, 5.41) is 3.59. The predicted molar refractivity (Wildman–Crippen MR) is 132 cm³/mol. The van der Waals surface area contributed by atoms with Gasteiger partial charge in [0.05, 0.1) is 6.26 Å². The van der Waals surface area contributed by atoms with Crippen molar-refractivity contribution in [1.82, 2.24) is 10.2 Å². The molecule has 7 atom stereocenters. The molecule has 0 unspecified atom stereocenters. The molecule has 33 heavy (non-hydrogen) atoms. The van der Waals surface area contributed by atoms with Crippen LogP contribution in [0.3, 0.4) is 0 Å². The zero-order chi connectivity index (χ0) is 22.6. The van der Waals surface area contributed by atoms with E-state index in [2.05, 4.69) is 30.1 Å². The Hall–Kier alpha value is -1.39. The molecule has 1 aromatic heterocycles. The van der Waals surface area contributed by atoms with E-state index >= 15 is 0 Å². The average Bonchev–Trinajstić information content (AvgIpc) is 2.97. The zero-order valence-electron chi connectivity index (χ0n) is 20.7. The number of fused-ring (bicyclic) bond motifs is 5. The van der Waals surface area contributed by atoms with Crippen molar-refractivity contribution in [1.29, 1.82) is 0 Å². The third kappa shape index (κ3) is 3.58. The van der Waals surface area contributed by atoms with Gasteiger partial charge in [-0.05, 0) is 117 Å². The lowest BCUT2D eigenvalue weighted by Gasteiger charge is -2.60. The molecular formula is C29H42N2O2. The van der Waals surface area contributed by atoms with Crippen LogP contribution in [-0.4, -0.2) is 37.1 Å². The van der Waals surface area contributed by atoms with Gasteiger partial charge in [-0.3, -0.25) is 4.90 Å². The summed E-state index contributed by atoms with van der Waals surface area (Å²) in [6.07, 6.45) is 16.5. The van der Waals surface area contributed by atoms with Crippen molar-refractivity contribution < 1.29 is 4.42 Å².